The van der Waals surface area contributed by atoms with Crippen molar-refractivity contribution in [2.24, 2.45) is 5.41 Å². The van der Waals surface area contributed by atoms with Crippen LogP contribution in [0.4, 0.5) is 0 Å². The summed E-state index contributed by atoms with van der Waals surface area (Å²) in [7, 11) is 0. The molecule has 0 aliphatic carbocycles. The van der Waals surface area contributed by atoms with Gasteiger partial charge in [-0.15, -0.1) is 0 Å². The fraction of sp³-hybridized carbons (Fsp3) is 0.762. The summed E-state index contributed by atoms with van der Waals surface area (Å²) in [4.78, 5) is 63.9. The van der Waals surface area contributed by atoms with Crippen molar-refractivity contribution in [3.63, 3.8) is 0 Å². The largest absolute Gasteiger partial charge is 0.481 e. The van der Waals surface area contributed by atoms with Gasteiger partial charge in [0.1, 0.15) is 6.04 Å². The maximum atomic E-state index is 12.3. The molecule has 0 aromatic rings. The lowest BCUT2D eigenvalue weighted by molar-refractivity contribution is -0.152. The second-order valence-electron chi connectivity index (χ2n) is 9.35. The number of aliphatic carboxylic acids is 5. The standard InChI is InChI=1S/C21H36N4O10/c1-21(2,11-15(26)27)19(20(34)35)25-9-7-23(13-17(30)31)5-3-22(12-16(28)29)4-6-24(8-10-25)14-18(32)33/h19H,3-14H2,1-2H3,(H,26,27)(H,28,29)(H,30,31)(H,32,33)(H,34,35). The zero-order valence-corrected chi connectivity index (χ0v) is 20.1. The molecule has 1 aliphatic rings. The van der Waals surface area contributed by atoms with Gasteiger partial charge in [-0.05, 0) is 0 Å². The van der Waals surface area contributed by atoms with E-state index in [4.69, 9.17) is 0 Å². The quantitative estimate of drug-likeness (QED) is 0.216. The zero-order chi connectivity index (χ0) is 26.8. The van der Waals surface area contributed by atoms with Crippen LogP contribution in [-0.4, -0.2) is 153 Å². The molecule has 1 rings (SSSR count). The van der Waals surface area contributed by atoms with Crippen LogP contribution in [0, 0.1) is 5.41 Å². The zero-order valence-electron chi connectivity index (χ0n) is 20.1. The van der Waals surface area contributed by atoms with E-state index in [1.54, 1.807) is 19.6 Å². The van der Waals surface area contributed by atoms with Gasteiger partial charge >= 0.3 is 29.8 Å². The van der Waals surface area contributed by atoms with E-state index in [1.165, 1.54) is 13.8 Å². The lowest BCUT2D eigenvalue weighted by atomic mass is 9.80. The molecule has 200 valence electrons. The highest BCUT2D eigenvalue weighted by molar-refractivity contribution is 5.77. The first-order valence-corrected chi connectivity index (χ1v) is 11.2. The molecule has 0 aromatic heterocycles. The van der Waals surface area contributed by atoms with Crippen LogP contribution in [0.25, 0.3) is 0 Å². The Morgan fingerprint density at radius 3 is 1.17 bits per heavy atom. The fourth-order valence-corrected chi connectivity index (χ4v) is 4.33. The van der Waals surface area contributed by atoms with E-state index in [0.717, 1.165) is 0 Å². The van der Waals surface area contributed by atoms with Crippen molar-refractivity contribution < 1.29 is 49.5 Å². The van der Waals surface area contributed by atoms with Gasteiger partial charge in [0.15, 0.2) is 0 Å². The predicted molar refractivity (Wildman–Crippen MR) is 121 cm³/mol. The molecule has 0 amide bonds. The van der Waals surface area contributed by atoms with Crippen LogP contribution in [0.2, 0.25) is 0 Å². The van der Waals surface area contributed by atoms with Crippen LogP contribution in [0.3, 0.4) is 0 Å². The average Bonchev–Trinajstić information content (AvgIpc) is 2.67. The van der Waals surface area contributed by atoms with Crippen molar-refractivity contribution in [2.45, 2.75) is 26.3 Å². The molecule has 0 spiro atoms. The molecular weight excluding hydrogens is 468 g/mol. The van der Waals surface area contributed by atoms with Gasteiger partial charge in [0.25, 0.3) is 0 Å². The maximum absolute atomic E-state index is 12.3. The van der Waals surface area contributed by atoms with E-state index < -0.39 is 47.7 Å². The summed E-state index contributed by atoms with van der Waals surface area (Å²) < 4.78 is 0. The molecule has 0 saturated carbocycles. The summed E-state index contributed by atoms with van der Waals surface area (Å²) in [6, 6.07) is -1.22. The van der Waals surface area contributed by atoms with Crippen LogP contribution >= 0.6 is 0 Å². The maximum Gasteiger partial charge on any atom is 0.321 e. The van der Waals surface area contributed by atoms with E-state index in [1.807, 2.05) is 0 Å². The van der Waals surface area contributed by atoms with Crippen LogP contribution < -0.4 is 0 Å². The SMILES string of the molecule is CC(C)(CC(=O)O)C(C(=O)O)N1CCN(CC(=O)O)CCN(CC(=O)O)CCN(CC(=O)O)CC1. The van der Waals surface area contributed by atoms with Gasteiger partial charge in [0, 0.05) is 57.8 Å². The third-order valence-corrected chi connectivity index (χ3v) is 5.89. The molecule has 0 aromatic carbocycles. The highest BCUT2D eigenvalue weighted by atomic mass is 16.4. The minimum absolute atomic E-state index is 0.0904. The Morgan fingerprint density at radius 2 is 0.914 bits per heavy atom. The summed E-state index contributed by atoms with van der Waals surface area (Å²) in [6.07, 6.45) is -0.414. The molecule has 5 N–H and O–H groups in total. The Bertz CT molecular complexity index is 743. The number of carboxylic acids is 5. The van der Waals surface area contributed by atoms with Crippen LogP contribution in [0.5, 0.6) is 0 Å². The number of carbonyl (C=O) groups is 5. The first-order chi connectivity index (χ1) is 16.2. The van der Waals surface area contributed by atoms with Crippen molar-refractivity contribution in [1.82, 2.24) is 19.6 Å². The Morgan fingerprint density at radius 1 is 0.600 bits per heavy atom. The first kappa shape index (κ1) is 30.2. The fourth-order valence-electron chi connectivity index (χ4n) is 4.33. The van der Waals surface area contributed by atoms with Gasteiger partial charge in [-0.3, -0.25) is 43.6 Å². The lowest BCUT2D eigenvalue weighted by Crippen LogP contribution is -2.56. The lowest BCUT2D eigenvalue weighted by Gasteiger charge is -2.41. The van der Waals surface area contributed by atoms with Crippen molar-refractivity contribution in [2.75, 3.05) is 72.0 Å². The topological polar surface area (TPSA) is 199 Å². The monoisotopic (exact) mass is 504 g/mol. The third-order valence-electron chi connectivity index (χ3n) is 5.89. The average molecular weight is 505 g/mol. The second kappa shape index (κ2) is 13.9. The van der Waals surface area contributed by atoms with Crippen molar-refractivity contribution in [1.29, 1.82) is 0 Å². The van der Waals surface area contributed by atoms with Crippen LogP contribution in [-0.2, 0) is 24.0 Å². The van der Waals surface area contributed by atoms with Crippen molar-refractivity contribution >= 4 is 29.8 Å². The molecule has 1 fully saturated rings. The molecule has 1 unspecified atom stereocenters. The van der Waals surface area contributed by atoms with E-state index in [0.29, 0.717) is 0 Å². The van der Waals surface area contributed by atoms with E-state index in [9.17, 15) is 49.5 Å². The van der Waals surface area contributed by atoms with Gasteiger partial charge in [-0.25, -0.2) is 0 Å². The number of hydrogen-bond acceptors (Lipinski definition) is 9. The van der Waals surface area contributed by atoms with E-state index in [2.05, 4.69) is 0 Å². The summed E-state index contributed by atoms with van der Waals surface area (Å²) in [5, 5.41) is 47.1. The minimum atomic E-state index is -1.23. The van der Waals surface area contributed by atoms with Crippen LogP contribution in [0.1, 0.15) is 20.3 Å². The Labute approximate surface area is 203 Å². The normalized spacial score (nSPS) is 19.3. The smallest absolute Gasteiger partial charge is 0.321 e. The Hall–Kier alpha value is -2.81. The minimum Gasteiger partial charge on any atom is -0.481 e. The predicted octanol–water partition coefficient (Wildman–Crippen LogP) is -1.58. The summed E-state index contributed by atoms with van der Waals surface area (Å²) >= 11 is 0. The number of hydrogen-bond donors (Lipinski definition) is 5. The number of carboxylic acid groups (broad SMARTS) is 5. The van der Waals surface area contributed by atoms with Gasteiger partial charge < -0.3 is 25.5 Å². The van der Waals surface area contributed by atoms with Crippen molar-refractivity contribution in [3.05, 3.63) is 0 Å². The van der Waals surface area contributed by atoms with Crippen LogP contribution in [0.15, 0.2) is 0 Å². The highest BCUT2D eigenvalue weighted by Gasteiger charge is 2.41. The molecule has 14 heteroatoms. The molecule has 0 radical (unpaired) electrons. The molecule has 14 nitrogen and oxygen atoms in total. The Balaban J connectivity index is 3.27. The number of nitrogens with zero attached hydrogens (tertiary/aromatic N) is 4. The molecule has 35 heavy (non-hydrogen) atoms. The molecule has 1 aliphatic heterocycles. The Kier molecular flexibility index (Phi) is 12.0. The van der Waals surface area contributed by atoms with Crippen molar-refractivity contribution in [3.8, 4) is 0 Å². The molecule has 1 saturated heterocycles. The molecule has 1 atom stereocenters. The molecule has 0 bridgehead atoms. The van der Waals surface area contributed by atoms with E-state index in [-0.39, 0.29) is 72.0 Å². The summed E-state index contributed by atoms with van der Waals surface area (Å²) in [5.41, 5.74) is -1.18. The van der Waals surface area contributed by atoms with Gasteiger partial charge in [-0.2, -0.15) is 0 Å². The summed E-state index contributed by atoms with van der Waals surface area (Å²) in [6.45, 7) is 3.38. The molecular formula is C21H36N4O10. The summed E-state index contributed by atoms with van der Waals surface area (Å²) in [5.74, 6) is -5.65. The van der Waals surface area contributed by atoms with Gasteiger partial charge in [0.2, 0.25) is 0 Å². The third kappa shape index (κ3) is 11.4. The van der Waals surface area contributed by atoms with Gasteiger partial charge in [-0.1, -0.05) is 13.8 Å². The highest BCUT2D eigenvalue weighted by Crippen LogP contribution is 2.30. The first-order valence-electron chi connectivity index (χ1n) is 11.2. The number of rotatable bonds is 11. The second-order valence-corrected chi connectivity index (χ2v) is 9.35. The van der Waals surface area contributed by atoms with E-state index >= 15 is 0 Å². The van der Waals surface area contributed by atoms with Gasteiger partial charge in [0.05, 0.1) is 26.1 Å². The molecule has 1 heterocycles.